The van der Waals surface area contributed by atoms with Crippen molar-refractivity contribution in [3.8, 4) is 11.4 Å². The summed E-state index contributed by atoms with van der Waals surface area (Å²) in [5.74, 6) is 0.871. The van der Waals surface area contributed by atoms with Crippen LogP contribution in [0.2, 0.25) is 0 Å². The maximum Gasteiger partial charge on any atom is 0.229 e. The molecule has 0 aliphatic rings. The molecule has 0 aliphatic heterocycles. The summed E-state index contributed by atoms with van der Waals surface area (Å²) in [7, 11) is 0. The predicted molar refractivity (Wildman–Crippen MR) is 53.8 cm³/mol. The molecule has 0 N–H and O–H groups in total. The Morgan fingerprint density at radius 2 is 2.13 bits per heavy atom. The lowest BCUT2D eigenvalue weighted by atomic mass is 10.2. The Morgan fingerprint density at radius 3 is 2.73 bits per heavy atom. The molecule has 4 heteroatoms. The first-order valence-corrected chi connectivity index (χ1v) is 4.76. The Hall–Kier alpha value is -1.71. The second kappa shape index (κ2) is 3.81. The Labute approximate surface area is 86.9 Å². The van der Waals surface area contributed by atoms with Gasteiger partial charge in [-0.1, -0.05) is 31.1 Å². The molecule has 0 unspecified atom stereocenters. The fraction of sp³-hybridized carbons (Fsp3) is 0.273. The van der Waals surface area contributed by atoms with Gasteiger partial charge >= 0.3 is 0 Å². The van der Waals surface area contributed by atoms with Gasteiger partial charge in [-0.2, -0.15) is 4.98 Å². The van der Waals surface area contributed by atoms with Crippen molar-refractivity contribution < 1.29 is 8.91 Å². The van der Waals surface area contributed by atoms with Gasteiger partial charge < -0.3 is 4.52 Å². The summed E-state index contributed by atoms with van der Waals surface area (Å²) in [6.45, 7) is 3.92. The molecule has 2 aromatic rings. The summed E-state index contributed by atoms with van der Waals surface area (Å²) in [6.07, 6.45) is 0. The first kappa shape index (κ1) is 9.83. The largest absolute Gasteiger partial charge is 0.339 e. The molecule has 15 heavy (non-hydrogen) atoms. The highest BCUT2D eigenvalue weighted by atomic mass is 19.1. The number of nitrogens with zero attached hydrogens (tertiary/aromatic N) is 2. The van der Waals surface area contributed by atoms with Crippen LogP contribution in [0.3, 0.4) is 0 Å². The average molecular weight is 206 g/mol. The molecule has 0 spiro atoms. The SMILES string of the molecule is CC(C)c1nc(-c2cccc(F)c2)no1. The van der Waals surface area contributed by atoms with E-state index in [9.17, 15) is 4.39 Å². The van der Waals surface area contributed by atoms with E-state index in [0.717, 1.165) is 0 Å². The highest BCUT2D eigenvalue weighted by Crippen LogP contribution is 2.19. The minimum atomic E-state index is -0.302. The maximum atomic E-state index is 12.9. The van der Waals surface area contributed by atoms with Crippen molar-refractivity contribution in [3.05, 3.63) is 36.0 Å². The summed E-state index contributed by atoms with van der Waals surface area (Å²) < 4.78 is 18.0. The molecule has 0 saturated carbocycles. The second-order valence-electron chi connectivity index (χ2n) is 3.62. The third-order valence-corrected chi connectivity index (χ3v) is 2.02. The highest BCUT2D eigenvalue weighted by Gasteiger charge is 2.11. The molecule has 0 aliphatic carbocycles. The first-order valence-electron chi connectivity index (χ1n) is 4.76. The van der Waals surface area contributed by atoms with Crippen molar-refractivity contribution in [1.29, 1.82) is 0 Å². The molecule has 2 rings (SSSR count). The van der Waals surface area contributed by atoms with Crippen molar-refractivity contribution in [2.75, 3.05) is 0 Å². The van der Waals surface area contributed by atoms with E-state index < -0.39 is 0 Å². The van der Waals surface area contributed by atoms with Crippen molar-refractivity contribution in [2.24, 2.45) is 0 Å². The number of halogens is 1. The lowest BCUT2D eigenvalue weighted by Crippen LogP contribution is -1.87. The van der Waals surface area contributed by atoms with Gasteiger partial charge in [0, 0.05) is 11.5 Å². The van der Waals surface area contributed by atoms with E-state index in [1.54, 1.807) is 12.1 Å². The van der Waals surface area contributed by atoms with Crippen LogP contribution in [0.1, 0.15) is 25.7 Å². The van der Waals surface area contributed by atoms with Gasteiger partial charge in [0.15, 0.2) is 0 Å². The zero-order valence-electron chi connectivity index (χ0n) is 8.57. The van der Waals surface area contributed by atoms with E-state index in [0.29, 0.717) is 17.3 Å². The van der Waals surface area contributed by atoms with E-state index in [4.69, 9.17) is 4.52 Å². The number of rotatable bonds is 2. The minimum Gasteiger partial charge on any atom is -0.339 e. The Bertz CT molecular complexity index is 465. The zero-order valence-corrected chi connectivity index (χ0v) is 8.57. The topological polar surface area (TPSA) is 38.9 Å². The Kier molecular flexibility index (Phi) is 2.49. The average Bonchev–Trinajstić information content (AvgIpc) is 2.66. The zero-order chi connectivity index (χ0) is 10.8. The van der Waals surface area contributed by atoms with Crippen LogP contribution in [0.25, 0.3) is 11.4 Å². The monoisotopic (exact) mass is 206 g/mol. The summed E-state index contributed by atoms with van der Waals surface area (Å²) in [6, 6.07) is 6.13. The summed E-state index contributed by atoms with van der Waals surface area (Å²) in [5, 5.41) is 3.80. The van der Waals surface area contributed by atoms with Crippen LogP contribution in [0.5, 0.6) is 0 Å². The minimum absolute atomic E-state index is 0.180. The fourth-order valence-corrected chi connectivity index (χ4v) is 1.21. The number of aromatic nitrogens is 2. The molecule has 0 bridgehead atoms. The van der Waals surface area contributed by atoms with Crippen LogP contribution in [0.15, 0.2) is 28.8 Å². The van der Waals surface area contributed by atoms with Gasteiger partial charge in [-0.05, 0) is 12.1 Å². The third-order valence-electron chi connectivity index (χ3n) is 2.02. The van der Waals surface area contributed by atoms with Crippen molar-refractivity contribution >= 4 is 0 Å². The standard InChI is InChI=1S/C11H11FN2O/c1-7(2)11-13-10(14-15-11)8-4-3-5-9(12)6-8/h3-7H,1-2H3. The lowest BCUT2D eigenvalue weighted by Gasteiger charge is -1.94. The quantitative estimate of drug-likeness (QED) is 0.758. The third kappa shape index (κ3) is 2.03. The summed E-state index contributed by atoms with van der Waals surface area (Å²) in [4.78, 5) is 4.18. The van der Waals surface area contributed by atoms with E-state index in [1.807, 2.05) is 13.8 Å². The molecule has 0 amide bonds. The number of benzene rings is 1. The molecule has 0 fully saturated rings. The molecular formula is C11H11FN2O. The molecule has 1 heterocycles. The normalized spacial score (nSPS) is 10.9. The van der Waals surface area contributed by atoms with Crippen LogP contribution in [-0.2, 0) is 0 Å². The highest BCUT2D eigenvalue weighted by molar-refractivity contribution is 5.53. The van der Waals surface area contributed by atoms with Crippen LogP contribution < -0.4 is 0 Å². The molecular weight excluding hydrogens is 195 g/mol. The molecule has 0 atom stereocenters. The van der Waals surface area contributed by atoms with E-state index in [1.165, 1.54) is 12.1 Å². The molecule has 78 valence electrons. The van der Waals surface area contributed by atoms with Crippen molar-refractivity contribution in [1.82, 2.24) is 10.1 Å². The maximum absolute atomic E-state index is 12.9. The van der Waals surface area contributed by atoms with Crippen LogP contribution in [0.4, 0.5) is 4.39 Å². The molecule has 1 aromatic heterocycles. The van der Waals surface area contributed by atoms with Crippen molar-refractivity contribution in [2.45, 2.75) is 19.8 Å². The molecule has 3 nitrogen and oxygen atoms in total. The molecule has 0 saturated heterocycles. The van der Waals surface area contributed by atoms with E-state index in [2.05, 4.69) is 10.1 Å². The molecule has 1 aromatic carbocycles. The summed E-state index contributed by atoms with van der Waals surface area (Å²) >= 11 is 0. The van der Waals surface area contributed by atoms with Gasteiger partial charge in [0.1, 0.15) is 5.82 Å². The van der Waals surface area contributed by atoms with Gasteiger partial charge in [-0.25, -0.2) is 4.39 Å². The van der Waals surface area contributed by atoms with Crippen LogP contribution >= 0.6 is 0 Å². The van der Waals surface area contributed by atoms with Gasteiger partial charge in [-0.15, -0.1) is 0 Å². The van der Waals surface area contributed by atoms with Gasteiger partial charge in [0.05, 0.1) is 0 Å². The summed E-state index contributed by atoms with van der Waals surface area (Å²) in [5.41, 5.74) is 0.630. The first-order chi connectivity index (χ1) is 7.16. The fourth-order valence-electron chi connectivity index (χ4n) is 1.21. The lowest BCUT2D eigenvalue weighted by molar-refractivity contribution is 0.365. The second-order valence-corrected chi connectivity index (χ2v) is 3.62. The van der Waals surface area contributed by atoms with Crippen LogP contribution in [0, 0.1) is 5.82 Å². The van der Waals surface area contributed by atoms with Crippen LogP contribution in [-0.4, -0.2) is 10.1 Å². The van der Waals surface area contributed by atoms with E-state index >= 15 is 0 Å². The van der Waals surface area contributed by atoms with Gasteiger partial charge in [-0.3, -0.25) is 0 Å². The van der Waals surface area contributed by atoms with E-state index in [-0.39, 0.29) is 11.7 Å². The Morgan fingerprint density at radius 1 is 1.33 bits per heavy atom. The predicted octanol–water partition coefficient (Wildman–Crippen LogP) is 3.00. The number of hydrogen-bond donors (Lipinski definition) is 0. The number of hydrogen-bond acceptors (Lipinski definition) is 3. The molecule has 0 radical (unpaired) electrons. The Balaban J connectivity index is 2.37. The van der Waals surface area contributed by atoms with Gasteiger partial charge in [0.25, 0.3) is 0 Å². The van der Waals surface area contributed by atoms with Crippen molar-refractivity contribution in [3.63, 3.8) is 0 Å². The van der Waals surface area contributed by atoms with Gasteiger partial charge in [0.2, 0.25) is 11.7 Å². The smallest absolute Gasteiger partial charge is 0.229 e.